The van der Waals surface area contributed by atoms with Crippen LogP contribution in [0.2, 0.25) is 0 Å². The van der Waals surface area contributed by atoms with Gasteiger partial charge in [0, 0.05) is 55.0 Å². The van der Waals surface area contributed by atoms with Gasteiger partial charge in [0.1, 0.15) is 11.2 Å². The standard InChI is InChI=1S/C57H36N4O/c1-6-18-37(19-7-1)44-31-32-46(57-59-55(39-22-10-3-11-23-39)58-56(60-57)40-24-12-4-13-25-40)52-49-36-42(35-47(53(49)62-54(44)52)38-20-8-2-9-21-38)41-30-33-51-48(34-41)45-28-16-17-29-50(45)61(51)43-26-14-5-15-27-43/h1-36H. The minimum absolute atomic E-state index is 0.576. The fraction of sp³-hybridized carbons (Fsp3) is 0. The molecule has 3 heterocycles. The van der Waals surface area contributed by atoms with Gasteiger partial charge in [-0.1, -0.05) is 164 Å². The van der Waals surface area contributed by atoms with E-state index in [0.717, 1.165) is 83.2 Å². The number of hydrogen-bond donors (Lipinski definition) is 0. The Balaban J connectivity index is 1.16. The maximum atomic E-state index is 7.21. The zero-order chi connectivity index (χ0) is 41.0. The molecule has 0 atom stereocenters. The molecule has 0 N–H and O–H groups in total. The predicted octanol–water partition coefficient (Wildman–Crippen LogP) is 14.9. The molecule has 0 saturated carbocycles. The van der Waals surface area contributed by atoms with Crippen LogP contribution in [0, 0.1) is 0 Å². The highest BCUT2D eigenvalue weighted by molar-refractivity contribution is 6.19. The van der Waals surface area contributed by atoms with E-state index >= 15 is 0 Å². The minimum atomic E-state index is 0.576. The fourth-order valence-electron chi connectivity index (χ4n) is 8.95. The van der Waals surface area contributed by atoms with Crippen molar-refractivity contribution in [2.75, 3.05) is 0 Å². The number of furan rings is 1. The van der Waals surface area contributed by atoms with Crippen LogP contribution in [0.1, 0.15) is 0 Å². The molecule has 5 nitrogen and oxygen atoms in total. The van der Waals surface area contributed by atoms with Gasteiger partial charge in [0.2, 0.25) is 0 Å². The van der Waals surface area contributed by atoms with Crippen LogP contribution in [-0.4, -0.2) is 19.5 Å². The van der Waals surface area contributed by atoms with Crippen molar-refractivity contribution in [2.45, 2.75) is 0 Å². The lowest BCUT2D eigenvalue weighted by atomic mass is 9.93. The van der Waals surface area contributed by atoms with Crippen molar-refractivity contribution in [3.05, 3.63) is 218 Å². The van der Waals surface area contributed by atoms with Gasteiger partial charge in [-0.25, -0.2) is 15.0 Å². The van der Waals surface area contributed by atoms with Gasteiger partial charge in [-0.2, -0.15) is 0 Å². The Labute approximate surface area is 357 Å². The molecule has 0 radical (unpaired) electrons. The van der Waals surface area contributed by atoms with E-state index in [2.05, 4.69) is 156 Å². The number of aromatic nitrogens is 4. The minimum Gasteiger partial charge on any atom is -0.455 e. The molecular formula is C57H36N4O. The molecule has 0 saturated heterocycles. The maximum absolute atomic E-state index is 7.21. The summed E-state index contributed by atoms with van der Waals surface area (Å²) in [7, 11) is 0. The number of hydrogen-bond acceptors (Lipinski definition) is 4. The van der Waals surface area contributed by atoms with Crippen molar-refractivity contribution in [3.8, 4) is 73.2 Å². The highest BCUT2D eigenvalue weighted by atomic mass is 16.3. The monoisotopic (exact) mass is 792 g/mol. The molecule has 0 spiro atoms. The van der Waals surface area contributed by atoms with Crippen LogP contribution < -0.4 is 0 Å². The molecule has 0 fully saturated rings. The summed E-state index contributed by atoms with van der Waals surface area (Å²) in [5.41, 5.74) is 14.1. The van der Waals surface area contributed by atoms with Crippen LogP contribution in [0.4, 0.5) is 0 Å². The average molecular weight is 793 g/mol. The lowest BCUT2D eigenvalue weighted by molar-refractivity contribution is 0.671. The highest BCUT2D eigenvalue weighted by Crippen LogP contribution is 2.46. The third kappa shape index (κ3) is 5.98. The Bertz CT molecular complexity index is 3540. The third-order valence-electron chi connectivity index (χ3n) is 11.9. The zero-order valence-corrected chi connectivity index (χ0v) is 33.5. The number of benzene rings is 9. The molecule has 12 aromatic rings. The first-order valence-electron chi connectivity index (χ1n) is 20.9. The quantitative estimate of drug-likeness (QED) is 0.161. The van der Waals surface area contributed by atoms with Crippen LogP contribution in [0.5, 0.6) is 0 Å². The summed E-state index contributed by atoms with van der Waals surface area (Å²) >= 11 is 0. The third-order valence-corrected chi connectivity index (χ3v) is 11.9. The van der Waals surface area contributed by atoms with Gasteiger partial charge < -0.3 is 8.98 Å². The van der Waals surface area contributed by atoms with Gasteiger partial charge in [-0.15, -0.1) is 0 Å². The number of rotatable bonds is 7. The van der Waals surface area contributed by atoms with Crippen molar-refractivity contribution < 1.29 is 4.42 Å². The van der Waals surface area contributed by atoms with E-state index in [-0.39, 0.29) is 0 Å². The first-order chi connectivity index (χ1) is 30.7. The van der Waals surface area contributed by atoms with Crippen molar-refractivity contribution in [1.29, 1.82) is 0 Å². The summed E-state index contributed by atoms with van der Waals surface area (Å²) in [6, 6.07) is 76.2. The van der Waals surface area contributed by atoms with Gasteiger partial charge in [-0.3, -0.25) is 0 Å². The van der Waals surface area contributed by atoms with E-state index in [4.69, 9.17) is 19.4 Å². The maximum Gasteiger partial charge on any atom is 0.164 e. The fourth-order valence-corrected chi connectivity index (χ4v) is 8.95. The van der Waals surface area contributed by atoms with E-state index < -0.39 is 0 Å². The Morgan fingerprint density at radius 2 is 0.806 bits per heavy atom. The summed E-state index contributed by atoms with van der Waals surface area (Å²) < 4.78 is 9.57. The van der Waals surface area contributed by atoms with Crippen molar-refractivity contribution in [1.82, 2.24) is 19.5 Å². The SMILES string of the molecule is c1ccc(-c2nc(-c3ccccc3)nc(-c3ccc(-c4ccccc4)c4oc5c(-c6ccccc6)cc(-c6ccc7c(c6)c6ccccc6n7-c6ccccc6)cc5c34)n2)cc1. The van der Waals surface area contributed by atoms with Gasteiger partial charge >= 0.3 is 0 Å². The van der Waals surface area contributed by atoms with Crippen molar-refractivity contribution >= 4 is 43.7 Å². The number of nitrogens with zero attached hydrogens (tertiary/aromatic N) is 4. The van der Waals surface area contributed by atoms with Crippen LogP contribution in [-0.2, 0) is 0 Å². The molecule has 0 bridgehead atoms. The Morgan fingerprint density at radius 1 is 0.306 bits per heavy atom. The van der Waals surface area contributed by atoms with Gasteiger partial charge in [0.25, 0.3) is 0 Å². The van der Waals surface area contributed by atoms with Gasteiger partial charge in [0.05, 0.1) is 11.0 Å². The normalized spacial score (nSPS) is 11.5. The second-order valence-corrected chi connectivity index (χ2v) is 15.6. The van der Waals surface area contributed by atoms with Crippen LogP contribution >= 0.6 is 0 Å². The molecular weight excluding hydrogens is 757 g/mol. The van der Waals surface area contributed by atoms with Crippen LogP contribution in [0.15, 0.2) is 223 Å². The van der Waals surface area contributed by atoms with Gasteiger partial charge in [0.15, 0.2) is 17.5 Å². The Kier molecular flexibility index (Phi) is 8.42. The van der Waals surface area contributed by atoms with E-state index in [9.17, 15) is 0 Å². The molecule has 5 heteroatoms. The second-order valence-electron chi connectivity index (χ2n) is 15.6. The summed E-state index contributed by atoms with van der Waals surface area (Å²) in [5, 5.41) is 4.34. The first-order valence-corrected chi connectivity index (χ1v) is 20.9. The van der Waals surface area contributed by atoms with E-state index in [1.54, 1.807) is 0 Å². The Morgan fingerprint density at radius 3 is 1.45 bits per heavy atom. The average Bonchev–Trinajstić information content (AvgIpc) is 3.91. The molecule has 0 aliphatic carbocycles. The highest BCUT2D eigenvalue weighted by Gasteiger charge is 2.24. The molecule has 0 unspecified atom stereocenters. The molecule has 12 rings (SSSR count). The van der Waals surface area contributed by atoms with Crippen LogP contribution in [0.25, 0.3) is 117 Å². The summed E-state index contributed by atoms with van der Waals surface area (Å²) in [4.78, 5) is 15.5. The molecule has 290 valence electrons. The topological polar surface area (TPSA) is 56.7 Å². The first kappa shape index (κ1) is 35.5. The number of para-hydroxylation sites is 2. The van der Waals surface area contributed by atoms with Crippen molar-refractivity contribution in [3.63, 3.8) is 0 Å². The molecule has 62 heavy (non-hydrogen) atoms. The molecule has 3 aromatic heterocycles. The van der Waals surface area contributed by atoms with E-state index in [0.29, 0.717) is 17.5 Å². The van der Waals surface area contributed by atoms with Crippen molar-refractivity contribution in [2.24, 2.45) is 0 Å². The van der Waals surface area contributed by atoms with Gasteiger partial charge in [-0.05, 0) is 76.9 Å². The lowest BCUT2D eigenvalue weighted by Gasteiger charge is -2.11. The zero-order valence-electron chi connectivity index (χ0n) is 33.5. The largest absolute Gasteiger partial charge is 0.455 e. The molecule has 9 aromatic carbocycles. The Hall–Kier alpha value is -8.41. The molecule has 0 aliphatic rings. The predicted molar refractivity (Wildman–Crippen MR) is 254 cm³/mol. The summed E-state index contributed by atoms with van der Waals surface area (Å²) in [6.45, 7) is 0. The second kappa shape index (κ2) is 14.7. The summed E-state index contributed by atoms with van der Waals surface area (Å²) in [6.07, 6.45) is 0. The number of fused-ring (bicyclic) bond motifs is 6. The van der Waals surface area contributed by atoms with Crippen LogP contribution in [0.3, 0.4) is 0 Å². The molecule has 0 amide bonds. The smallest absolute Gasteiger partial charge is 0.164 e. The molecule has 0 aliphatic heterocycles. The van der Waals surface area contributed by atoms with E-state index in [1.165, 1.54) is 16.3 Å². The lowest BCUT2D eigenvalue weighted by Crippen LogP contribution is -2.00. The summed E-state index contributed by atoms with van der Waals surface area (Å²) in [5.74, 6) is 1.79. The van der Waals surface area contributed by atoms with E-state index in [1.807, 2.05) is 66.7 Å².